The van der Waals surface area contributed by atoms with Crippen LogP contribution in [0.2, 0.25) is 5.02 Å². The van der Waals surface area contributed by atoms with Crippen molar-refractivity contribution in [1.29, 1.82) is 0 Å². The van der Waals surface area contributed by atoms with Gasteiger partial charge in [0.25, 0.3) is 0 Å². The monoisotopic (exact) mass is 309 g/mol. The lowest BCUT2D eigenvalue weighted by Gasteiger charge is -2.09. The summed E-state index contributed by atoms with van der Waals surface area (Å²) in [5.74, 6) is 0.829. The van der Waals surface area contributed by atoms with E-state index < -0.39 is 0 Å². The summed E-state index contributed by atoms with van der Waals surface area (Å²) >= 11 is 7.56. The number of thiophene rings is 1. The Labute approximate surface area is 127 Å². The van der Waals surface area contributed by atoms with Gasteiger partial charge in [-0.3, -0.25) is 4.79 Å². The quantitative estimate of drug-likeness (QED) is 0.889. The minimum atomic E-state index is 0.0356. The van der Waals surface area contributed by atoms with Crippen molar-refractivity contribution in [2.45, 2.75) is 12.8 Å². The van der Waals surface area contributed by atoms with Crippen LogP contribution in [0.3, 0.4) is 0 Å². The molecule has 1 amide bonds. The standard InChI is InChI=1S/C15H16ClNO2S/c1-19-14-5-4-12(16)9-11(14)6-7-17-15(18)10-13-3-2-8-20-13/h2-5,8-9H,6-7,10H2,1H3,(H,17,18). The molecular weight excluding hydrogens is 294 g/mol. The number of methoxy groups -OCH3 is 1. The molecule has 1 heterocycles. The highest BCUT2D eigenvalue weighted by Gasteiger charge is 2.06. The first-order valence-electron chi connectivity index (χ1n) is 6.30. The normalized spacial score (nSPS) is 10.3. The van der Waals surface area contributed by atoms with E-state index in [9.17, 15) is 4.79 Å². The fraction of sp³-hybridized carbons (Fsp3) is 0.267. The molecule has 0 atom stereocenters. The fourth-order valence-corrected chi connectivity index (χ4v) is 2.81. The molecular formula is C15H16ClNO2S. The number of rotatable bonds is 6. The molecule has 1 aromatic carbocycles. The topological polar surface area (TPSA) is 38.3 Å². The lowest BCUT2D eigenvalue weighted by atomic mass is 10.1. The van der Waals surface area contributed by atoms with Crippen LogP contribution in [0.25, 0.3) is 0 Å². The molecule has 0 aliphatic heterocycles. The van der Waals surface area contributed by atoms with Gasteiger partial charge in [-0.15, -0.1) is 11.3 Å². The van der Waals surface area contributed by atoms with Crippen molar-refractivity contribution in [2.24, 2.45) is 0 Å². The third kappa shape index (κ3) is 4.25. The van der Waals surface area contributed by atoms with Crippen molar-refractivity contribution in [2.75, 3.05) is 13.7 Å². The smallest absolute Gasteiger partial charge is 0.225 e. The molecule has 0 saturated heterocycles. The van der Waals surface area contributed by atoms with Crippen LogP contribution in [0.5, 0.6) is 5.75 Å². The molecule has 0 aliphatic carbocycles. The predicted octanol–water partition coefficient (Wildman–Crippen LogP) is 3.31. The van der Waals surface area contributed by atoms with Gasteiger partial charge >= 0.3 is 0 Å². The Kier molecular flexibility index (Phi) is 5.44. The van der Waals surface area contributed by atoms with Crippen LogP contribution >= 0.6 is 22.9 Å². The second kappa shape index (κ2) is 7.31. The highest BCUT2D eigenvalue weighted by molar-refractivity contribution is 7.10. The molecule has 0 fully saturated rings. The maximum Gasteiger partial charge on any atom is 0.225 e. The van der Waals surface area contributed by atoms with Crippen LogP contribution < -0.4 is 10.1 Å². The number of halogens is 1. The molecule has 0 unspecified atom stereocenters. The van der Waals surface area contributed by atoms with Crippen LogP contribution in [0.15, 0.2) is 35.7 Å². The molecule has 1 aromatic heterocycles. The average molecular weight is 310 g/mol. The van der Waals surface area contributed by atoms with E-state index in [0.717, 1.165) is 16.2 Å². The second-order valence-corrected chi connectivity index (χ2v) is 5.78. The molecule has 0 spiro atoms. The Balaban J connectivity index is 1.83. The van der Waals surface area contributed by atoms with E-state index in [0.29, 0.717) is 24.4 Å². The zero-order chi connectivity index (χ0) is 14.4. The lowest BCUT2D eigenvalue weighted by Crippen LogP contribution is -2.27. The van der Waals surface area contributed by atoms with E-state index >= 15 is 0 Å². The maximum atomic E-state index is 11.8. The van der Waals surface area contributed by atoms with Crippen molar-refractivity contribution < 1.29 is 9.53 Å². The third-order valence-corrected chi connectivity index (χ3v) is 3.99. The molecule has 0 aliphatic rings. The summed E-state index contributed by atoms with van der Waals surface area (Å²) in [6, 6.07) is 9.41. The van der Waals surface area contributed by atoms with E-state index in [1.54, 1.807) is 24.5 Å². The van der Waals surface area contributed by atoms with Crippen molar-refractivity contribution in [3.8, 4) is 5.75 Å². The SMILES string of the molecule is COc1ccc(Cl)cc1CCNC(=O)Cc1cccs1. The minimum Gasteiger partial charge on any atom is -0.496 e. The van der Waals surface area contributed by atoms with E-state index in [2.05, 4.69) is 5.32 Å². The molecule has 3 nitrogen and oxygen atoms in total. The number of hydrogen-bond donors (Lipinski definition) is 1. The van der Waals surface area contributed by atoms with Gasteiger partial charge < -0.3 is 10.1 Å². The predicted molar refractivity (Wildman–Crippen MR) is 82.7 cm³/mol. The molecule has 2 aromatic rings. The summed E-state index contributed by atoms with van der Waals surface area (Å²) in [7, 11) is 1.63. The summed E-state index contributed by atoms with van der Waals surface area (Å²) in [5, 5.41) is 5.55. The van der Waals surface area contributed by atoms with Crippen molar-refractivity contribution in [3.63, 3.8) is 0 Å². The summed E-state index contributed by atoms with van der Waals surface area (Å²) < 4.78 is 5.27. The van der Waals surface area contributed by atoms with Gasteiger partial charge in [0.2, 0.25) is 5.91 Å². The molecule has 0 radical (unpaired) electrons. The molecule has 1 N–H and O–H groups in total. The molecule has 0 bridgehead atoms. The van der Waals surface area contributed by atoms with Crippen LogP contribution in [0, 0.1) is 0 Å². The van der Waals surface area contributed by atoms with Gasteiger partial charge in [0, 0.05) is 16.4 Å². The summed E-state index contributed by atoms with van der Waals surface area (Å²) in [5.41, 5.74) is 0.997. The van der Waals surface area contributed by atoms with Gasteiger partial charge in [-0.25, -0.2) is 0 Å². The first-order valence-corrected chi connectivity index (χ1v) is 7.56. The average Bonchev–Trinajstić information content (AvgIpc) is 2.92. The Bertz CT molecular complexity index is 569. The largest absolute Gasteiger partial charge is 0.496 e. The van der Waals surface area contributed by atoms with E-state index in [1.165, 1.54) is 0 Å². The van der Waals surface area contributed by atoms with Gasteiger partial charge in [0.05, 0.1) is 13.5 Å². The first kappa shape index (κ1) is 14.9. The second-order valence-electron chi connectivity index (χ2n) is 4.31. The number of carbonyl (C=O) groups excluding carboxylic acids is 1. The van der Waals surface area contributed by atoms with Crippen LogP contribution in [0.1, 0.15) is 10.4 Å². The van der Waals surface area contributed by atoms with E-state index in [-0.39, 0.29) is 5.91 Å². The summed E-state index contributed by atoms with van der Waals surface area (Å²) in [4.78, 5) is 12.8. The van der Waals surface area contributed by atoms with Crippen molar-refractivity contribution >= 4 is 28.8 Å². The molecule has 0 saturated carbocycles. The number of amides is 1. The highest BCUT2D eigenvalue weighted by Crippen LogP contribution is 2.22. The zero-order valence-electron chi connectivity index (χ0n) is 11.2. The lowest BCUT2D eigenvalue weighted by molar-refractivity contribution is -0.120. The number of carbonyl (C=O) groups is 1. The molecule has 2 rings (SSSR count). The van der Waals surface area contributed by atoms with E-state index in [4.69, 9.17) is 16.3 Å². The Morgan fingerprint density at radius 2 is 2.25 bits per heavy atom. The summed E-state index contributed by atoms with van der Waals surface area (Å²) in [6.45, 7) is 0.570. The van der Waals surface area contributed by atoms with Gasteiger partial charge in [-0.2, -0.15) is 0 Å². The Hall–Kier alpha value is -1.52. The maximum absolute atomic E-state index is 11.8. The fourth-order valence-electron chi connectivity index (χ4n) is 1.91. The first-order chi connectivity index (χ1) is 9.69. The Morgan fingerprint density at radius 1 is 1.40 bits per heavy atom. The number of nitrogens with one attached hydrogen (secondary N) is 1. The number of hydrogen-bond acceptors (Lipinski definition) is 3. The van der Waals surface area contributed by atoms with Crippen LogP contribution in [-0.2, 0) is 17.6 Å². The molecule has 106 valence electrons. The van der Waals surface area contributed by atoms with Gasteiger partial charge in [-0.1, -0.05) is 17.7 Å². The van der Waals surface area contributed by atoms with Crippen LogP contribution in [0.4, 0.5) is 0 Å². The number of benzene rings is 1. The van der Waals surface area contributed by atoms with Gasteiger partial charge in [0.1, 0.15) is 5.75 Å². The minimum absolute atomic E-state index is 0.0356. The van der Waals surface area contributed by atoms with Crippen LogP contribution in [-0.4, -0.2) is 19.6 Å². The highest BCUT2D eigenvalue weighted by atomic mass is 35.5. The Morgan fingerprint density at radius 3 is 2.95 bits per heavy atom. The van der Waals surface area contributed by atoms with Gasteiger partial charge in [0.15, 0.2) is 0 Å². The van der Waals surface area contributed by atoms with E-state index in [1.807, 2.05) is 29.6 Å². The zero-order valence-corrected chi connectivity index (χ0v) is 12.8. The summed E-state index contributed by atoms with van der Waals surface area (Å²) in [6.07, 6.45) is 1.13. The van der Waals surface area contributed by atoms with Gasteiger partial charge in [-0.05, 0) is 41.6 Å². The van der Waals surface area contributed by atoms with Crippen molar-refractivity contribution in [3.05, 3.63) is 51.2 Å². The third-order valence-electron chi connectivity index (χ3n) is 2.87. The van der Waals surface area contributed by atoms with Crippen molar-refractivity contribution in [1.82, 2.24) is 5.32 Å². The molecule has 20 heavy (non-hydrogen) atoms. The molecule has 5 heteroatoms. The number of ether oxygens (including phenoxy) is 1.